The largest absolute Gasteiger partial charge is 0.461 e. The molecule has 0 amide bonds. The molecule has 5 nitrogen and oxygen atoms in total. The first-order chi connectivity index (χ1) is 7.51. The Kier molecular flexibility index (Phi) is 7.84. The molecule has 1 atom stereocenters. The molecule has 0 aliphatic heterocycles. The summed E-state index contributed by atoms with van der Waals surface area (Å²) in [7, 11) is 0. The molecule has 1 N–H and O–H groups in total. The Hall–Kier alpha value is -0.880. The van der Waals surface area contributed by atoms with E-state index in [9.17, 15) is 9.59 Å². The number of ether oxygens (including phenoxy) is 2. The number of aliphatic hydroxyl groups excluding tert-OH is 1. The van der Waals surface area contributed by atoms with Crippen molar-refractivity contribution in [2.75, 3.05) is 11.9 Å². The van der Waals surface area contributed by atoms with Crippen LogP contribution < -0.4 is 0 Å². The molecule has 0 rings (SSSR count). The van der Waals surface area contributed by atoms with Crippen molar-refractivity contribution in [2.45, 2.75) is 26.1 Å². The van der Waals surface area contributed by atoms with Gasteiger partial charge in [0, 0.05) is 17.3 Å². The van der Waals surface area contributed by atoms with Crippen molar-refractivity contribution in [3.63, 3.8) is 0 Å². The number of halogens is 1. The Bertz CT molecular complexity index is 264. The van der Waals surface area contributed by atoms with Gasteiger partial charge >= 0.3 is 11.9 Å². The van der Waals surface area contributed by atoms with Crippen molar-refractivity contribution in [1.29, 1.82) is 0 Å². The molecule has 0 aromatic carbocycles. The third kappa shape index (κ3) is 6.58. The predicted octanol–water partition coefficient (Wildman–Crippen LogP) is 1.14. The van der Waals surface area contributed by atoms with Crippen LogP contribution in [-0.4, -0.2) is 35.3 Å². The van der Waals surface area contributed by atoms with Crippen molar-refractivity contribution in [3.05, 3.63) is 12.2 Å². The number of rotatable bonds is 7. The molecule has 1 unspecified atom stereocenters. The van der Waals surface area contributed by atoms with E-state index in [1.807, 2.05) is 0 Å². The molecular weight excluding hydrogens is 280 g/mol. The minimum atomic E-state index is -1.14. The number of carbonyl (C=O) groups is 2. The molecule has 0 bridgehead atoms. The summed E-state index contributed by atoms with van der Waals surface area (Å²) < 4.78 is 9.29. The lowest BCUT2D eigenvalue weighted by molar-refractivity contribution is -0.167. The summed E-state index contributed by atoms with van der Waals surface area (Å²) in [5.74, 6) is -1.34. The van der Waals surface area contributed by atoms with Gasteiger partial charge in [-0.05, 0) is 0 Å². The predicted molar refractivity (Wildman–Crippen MR) is 60.9 cm³/mol. The van der Waals surface area contributed by atoms with Crippen LogP contribution in [0.4, 0.5) is 0 Å². The molecule has 0 aliphatic rings. The first kappa shape index (κ1) is 15.1. The second-order valence-corrected chi connectivity index (χ2v) is 3.75. The number of hydrogen-bond donors (Lipinski definition) is 1. The summed E-state index contributed by atoms with van der Waals surface area (Å²) >= 11 is 3.09. The highest BCUT2D eigenvalue weighted by molar-refractivity contribution is 9.09. The van der Waals surface area contributed by atoms with Crippen LogP contribution in [0.2, 0.25) is 0 Å². The van der Waals surface area contributed by atoms with Gasteiger partial charge in [0.1, 0.15) is 6.61 Å². The smallest absolute Gasteiger partial charge is 0.334 e. The van der Waals surface area contributed by atoms with E-state index in [0.29, 0.717) is 11.8 Å². The molecule has 0 fully saturated rings. The average Bonchev–Trinajstić information content (AvgIpc) is 2.25. The van der Waals surface area contributed by atoms with Crippen molar-refractivity contribution >= 4 is 27.9 Å². The van der Waals surface area contributed by atoms with E-state index in [1.54, 1.807) is 6.92 Å². The maximum absolute atomic E-state index is 11.2. The van der Waals surface area contributed by atoms with Crippen LogP contribution >= 0.6 is 15.9 Å². The molecular formula is C10H15BrO5. The van der Waals surface area contributed by atoms with E-state index in [2.05, 4.69) is 27.2 Å². The second kappa shape index (κ2) is 8.29. The van der Waals surface area contributed by atoms with Crippen molar-refractivity contribution in [3.8, 4) is 0 Å². The SMILES string of the molecule is C=C(CC(=O)OC(O)CC)C(=O)OCCBr. The summed E-state index contributed by atoms with van der Waals surface area (Å²) in [6.07, 6.45) is -1.12. The lowest BCUT2D eigenvalue weighted by atomic mass is 10.2. The highest BCUT2D eigenvalue weighted by Gasteiger charge is 2.16. The number of esters is 2. The van der Waals surface area contributed by atoms with Crippen LogP contribution in [0.25, 0.3) is 0 Å². The van der Waals surface area contributed by atoms with Crippen LogP contribution in [0.1, 0.15) is 19.8 Å². The van der Waals surface area contributed by atoms with Gasteiger partial charge in [-0.15, -0.1) is 0 Å². The Morgan fingerprint density at radius 2 is 2.12 bits per heavy atom. The van der Waals surface area contributed by atoms with E-state index in [-0.39, 0.29) is 18.6 Å². The highest BCUT2D eigenvalue weighted by atomic mass is 79.9. The molecule has 0 spiro atoms. The zero-order valence-corrected chi connectivity index (χ0v) is 10.7. The summed E-state index contributed by atoms with van der Waals surface area (Å²) in [5, 5.41) is 9.55. The Morgan fingerprint density at radius 1 is 1.50 bits per heavy atom. The summed E-state index contributed by atoms with van der Waals surface area (Å²) in [6.45, 7) is 5.28. The minimum absolute atomic E-state index is 0.00857. The molecule has 16 heavy (non-hydrogen) atoms. The molecule has 0 heterocycles. The zero-order chi connectivity index (χ0) is 12.6. The number of carbonyl (C=O) groups excluding carboxylic acids is 2. The second-order valence-electron chi connectivity index (χ2n) is 2.96. The van der Waals surface area contributed by atoms with Crippen LogP contribution in [-0.2, 0) is 19.1 Å². The third-order valence-corrected chi connectivity index (χ3v) is 1.90. The van der Waals surface area contributed by atoms with Crippen LogP contribution in [0.3, 0.4) is 0 Å². The van der Waals surface area contributed by atoms with Gasteiger partial charge in [0.2, 0.25) is 0 Å². The van der Waals surface area contributed by atoms with Gasteiger partial charge in [-0.2, -0.15) is 0 Å². The normalized spacial score (nSPS) is 11.7. The molecule has 0 radical (unpaired) electrons. The zero-order valence-electron chi connectivity index (χ0n) is 9.07. The van der Waals surface area contributed by atoms with Gasteiger partial charge in [-0.25, -0.2) is 4.79 Å². The maximum Gasteiger partial charge on any atom is 0.334 e. The topological polar surface area (TPSA) is 72.8 Å². The highest BCUT2D eigenvalue weighted by Crippen LogP contribution is 2.05. The van der Waals surface area contributed by atoms with Gasteiger partial charge in [-0.3, -0.25) is 4.79 Å². The van der Waals surface area contributed by atoms with E-state index < -0.39 is 18.2 Å². The van der Waals surface area contributed by atoms with Crippen LogP contribution in [0, 0.1) is 0 Å². The Balaban J connectivity index is 3.94. The molecule has 0 aromatic heterocycles. The molecule has 92 valence electrons. The van der Waals surface area contributed by atoms with Gasteiger partial charge < -0.3 is 14.6 Å². The van der Waals surface area contributed by atoms with Gasteiger partial charge in [0.05, 0.1) is 6.42 Å². The maximum atomic E-state index is 11.2. The lowest BCUT2D eigenvalue weighted by Crippen LogP contribution is -2.19. The summed E-state index contributed by atoms with van der Waals surface area (Å²) in [4.78, 5) is 22.3. The quantitative estimate of drug-likeness (QED) is 0.330. The molecule has 6 heteroatoms. The van der Waals surface area contributed by atoms with Gasteiger partial charge in [0.15, 0.2) is 6.29 Å². The van der Waals surface area contributed by atoms with Crippen LogP contribution in [0.5, 0.6) is 0 Å². The summed E-state index contributed by atoms with van der Waals surface area (Å²) in [5.41, 5.74) is 0.00857. The number of alkyl halides is 1. The molecule has 0 saturated carbocycles. The van der Waals surface area contributed by atoms with E-state index in [0.717, 1.165) is 0 Å². The first-order valence-corrected chi connectivity index (χ1v) is 5.91. The van der Waals surface area contributed by atoms with Gasteiger partial charge in [0.25, 0.3) is 0 Å². The minimum Gasteiger partial charge on any atom is -0.461 e. The molecule has 0 aromatic rings. The van der Waals surface area contributed by atoms with Crippen molar-refractivity contribution in [2.24, 2.45) is 0 Å². The number of aliphatic hydroxyl groups is 1. The summed E-state index contributed by atoms with van der Waals surface area (Å²) in [6, 6.07) is 0. The first-order valence-electron chi connectivity index (χ1n) is 4.79. The molecule has 0 saturated heterocycles. The van der Waals surface area contributed by atoms with Crippen LogP contribution in [0.15, 0.2) is 12.2 Å². The molecule has 0 aliphatic carbocycles. The fraction of sp³-hybridized carbons (Fsp3) is 0.600. The van der Waals surface area contributed by atoms with E-state index in [1.165, 1.54) is 0 Å². The van der Waals surface area contributed by atoms with E-state index >= 15 is 0 Å². The standard InChI is InChI=1S/C10H15BrO5/c1-3-8(12)16-9(13)6-7(2)10(14)15-5-4-11/h8,12H,2-6H2,1H3. The fourth-order valence-electron chi connectivity index (χ4n) is 0.756. The monoisotopic (exact) mass is 294 g/mol. The Morgan fingerprint density at radius 3 is 2.62 bits per heavy atom. The van der Waals surface area contributed by atoms with E-state index in [4.69, 9.17) is 9.84 Å². The van der Waals surface area contributed by atoms with Crippen molar-refractivity contribution in [1.82, 2.24) is 0 Å². The average molecular weight is 295 g/mol. The fourth-order valence-corrected chi connectivity index (χ4v) is 0.918. The van der Waals surface area contributed by atoms with Crippen molar-refractivity contribution < 1.29 is 24.2 Å². The Labute approximate surface area is 103 Å². The lowest BCUT2D eigenvalue weighted by Gasteiger charge is -2.10. The third-order valence-electron chi connectivity index (χ3n) is 1.57. The van der Waals surface area contributed by atoms with Gasteiger partial charge in [-0.1, -0.05) is 29.4 Å². The number of hydrogen-bond acceptors (Lipinski definition) is 5.